The SMILES string of the molecule is CC(C)C1=C2[C@H]3CC[C@@H]4[C@@]5(C)CC[C@H](OC(=O)[C@H]6C[C@@H](OC=O)C6(C)C)C(C)(C)[C@@H]5CC[C@@]4(C)[C@]3(C)CC[C@@]2(NC(=O)N(CCN2CCCCC2)Cc2ccc(Cl)cc2)CC1=O.Cl. The van der Waals surface area contributed by atoms with Crippen LogP contribution in [0.25, 0.3) is 0 Å². The summed E-state index contributed by atoms with van der Waals surface area (Å²) in [5, 5.41) is 4.36. The Balaban J connectivity index is 0.00000595. The summed E-state index contributed by atoms with van der Waals surface area (Å²) in [6, 6.07) is 7.76. The number of allylic oxidation sites excluding steroid dienone is 1. The van der Waals surface area contributed by atoms with Crippen molar-refractivity contribution in [3.8, 4) is 0 Å². The van der Waals surface area contributed by atoms with Crippen molar-refractivity contribution >= 4 is 48.3 Å². The zero-order valence-electron chi connectivity index (χ0n) is 39.8. The van der Waals surface area contributed by atoms with Crippen LogP contribution in [0, 0.1) is 56.7 Å². The lowest BCUT2D eigenvalue weighted by molar-refractivity contribution is -0.236. The van der Waals surface area contributed by atoms with Crippen LogP contribution in [0.1, 0.15) is 151 Å². The van der Waals surface area contributed by atoms with E-state index in [0.717, 1.165) is 82.1 Å². The second kappa shape index (κ2) is 17.6. The number of urea groups is 1. The molecule has 10 atom stereocenters. The van der Waals surface area contributed by atoms with Gasteiger partial charge in [-0.25, -0.2) is 4.79 Å². The third-order valence-corrected chi connectivity index (χ3v) is 19.6. The Hall–Kier alpha value is -2.62. The number of piperidine rings is 1. The van der Waals surface area contributed by atoms with Crippen molar-refractivity contribution in [1.82, 2.24) is 15.1 Å². The number of halogens is 2. The van der Waals surface area contributed by atoms with Crippen molar-refractivity contribution in [2.45, 2.75) is 170 Å². The van der Waals surface area contributed by atoms with E-state index >= 15 is 0 Å². The largest absolute Gasteiger partial charge is 0.464 e. The van der Waals surface area contributed by atoms with Crippen LogP contribution < -0.4 is 5.32 Å². The highest BCUT2D eigenvalue weighted by molar-refractivity contribution is 6.30. The van der Waals surface area contributed by atoms with E-state index in [1.165, 1.54) is 24.8 Å². The molecule has 11 heteroatoms. The second-order valence-electron chi connectivity index (χ2n) is 23.3. The van der Waals surface area contributed by atoms with Crippen LogP contribution in [0.2, 0.25) is 5.02 Å². The molecule has 1 aliphatic heterocycles. The van der Waals surface area contributed by atoms with Crippen LogP contribution in [0.3, 0.4) is 0 Å². The molecule has 9 nitrogen and oxygen atoms in total. The molecule has 0 radical (unpaired) electrons. The van der Waals surface area contributed by atoms with Gasteiger partial charge in [0.15, 0.2) is 5.78 Å². The van der Waals surface area contributed by atoms with Crippen LogP contribution in [-0.4, -0.2) is 78.0 Å². The van der Waals surface area contributed by atoms with Gasteiger partial charge in [-0.05, 0) is 152 Å². The molecule has 0 spiro atoms. The Morgan fingerprint density at radius 1 is 0.873 bits per heavy atom. The number of carbonyl (C=O) groups is 4. The van der Waals surface area contributed by atoms with E-state index in [4.69, 9.17) is 21.1 Å². The molecule has 1 saturated heterocycles. The minimum Gasteiger partial charge on any atom is -0.464 e. The number of ether oxygens (including phenoxy) is 2. The molecule has 0 bridgehead atoms. The zero-order chi connectivity index (χ0) is 44.6. The smallest absolute Gasteiger partial charge is 0.318 e. The Kier molecular flexibility index (Phi) is 13.5. The molecule has 1 N–H and O–H groups in total. The maximum atomic E-state index is 14.9. The standard InChI is InChI=1S/C52H76ClN3O6.ClH/c1-33(2)43-38(58)30-52(54-46(60)56(28-27-55-25-11-10-12-26-55)31-34-13-15-35(53)16-14-34)24-23-50(8)36(44(43)52)17-18-40-49(7)21-20-41(48(5,6)39(49)19-22-51(40,50)9)62-45(59)37-29-42(61-32-57)47(37,3)4;/h13-16,32-33,36-37,39-42H,10-12,17-31H2,1-9H3,(H,54,60);1H/t36-,37-,39+,40-,41+,42-,49+,50-,51-,52-;/m1./s1. The molecule has 8 rings (SSSR count). The van der Waals surface area contributed by atoms with E-state index < -0.39 is 11.0 Å². The van der Waals surface area contributed by atoms with E-state index in [0.29, 0.717) is 49.3 Å². The molecule has 7 aliphatic rings. The number of Topliss-reactive ketones (excluding diaryl/α,β-unsaturated/α-hetero) is 1. The highest BCUT2D eigenvalue weighted by atomic mass is 35.5. The number of carbonyl (C=O) groups excluding carboxylic acids is 4. The first kappa shape index (κ1) is 48.3. The second-order valence-corrected chi connectivity index (χ2v) is 23.7. The van der Waals surface area contributed by atoms with Crippen LogP contribution >= 0.6 is 24.0 Å². The van der Waals surface area contributed by atoms with Gasteiger partial charge in [-0.1, -0.05) is 92.5 Å². The van der Waals surface area contributed by atoms with Crippen LogP contribution in [-0.2, 0) is 30.4 Å². The number of likely N-dealkylation sites (tertiary alicyclic amines) is 1. The van der Waals surface area contributed by atoms with E-state index in [2.05, 4.69) is 58.7 Å². The van der Waals surface area contributed by atoms with E-state index in [1.54, 1.807) is 0 Å². The summed E-state index contributed by atoms with van der Waals surface area (Å²) in [7, 11) is 0. The zero-order valence-corrected chi connectivity index (χ0v) is 41.4. The summed E-state index contributed by atoms with van der Waals surface area (Å²) in [5.74, 6) is 0.971. The number of nitrogens with one attached hydrogen (secondary N) is 1. The van der Waals surface area contributed by atoms with Crippen molar-refractivity contribution in [2.24, 2.45) is 56.7 Å². The topological polar surface area (TPSA) is 105 Å². The van der Waals surface area contributed by atoms with Gasteiger partial charge in [0.05, 0.1) is 11.5 Å². The van der Waals surface area contributed by atoms with Gasteiger partial charge in [-0.15, -0.1) is 12.4 Å². The van der Waals surface area contributed by atoms with E-state index in [1.807, 2.05) is 43.0 Å². The summed E-state index contributed by atoms with van der Waals surface area (Å²) in [6.45, 7) is 25.3. The molecule has 0 aromatic heterocycles. The van der Waals surface area contributed by atoms with Gasteiger partial charge in [-0.2, -0.15) is 0 Å². The van der Waals surface area contributed by atoms with E-state index in [-0.39, 0.29) is 81.8 Å². The molecule has 350 valence electrons. The molecule has 1 aromatic rings. The lowest BCUT2D eigenvalue weighted by Crippen LogP contribution is -2.67. The predicted octanol–water partition coefficient (Wildman–Crippen LogP) is 11.0. The van der Waals surface area contributed by atoms with Crippen LogP contribution in [0.4, 0.5) is 4.79 Å². The number of hydrogen-bond acceptors (Lipinski definition) is 7. The van der Waals surface area contributed by atoms with Crippen LogP contribution in [0.15, 0.2) is 35.4 Å². The molecule has 5 saturated carbocycles. The van der Waals surface area contributed by atoms with Gasteiger partial charge in [-0.3, -0.25) is 14.4 Å². The number of rotatable bonds is 11. The summed E-state index contributed by atoms with van der Waals surface area (Å²) >= 11 is 6.28. The third kappa shape index (κ3) is 7.99. The van der Waals surface area contributed by atoms with Crippen molar-refractivity contribution in [2.75, 3.05) is 26.2 Å². The van der Waals surface area contributed by atoms with Gasteiger partial charge in [0.1, 0.15) is 12.2 Å². The normalized spacial score (nSPS) is 37.9. The summed E-state index contributed by atoms with van der Waals surface area (Å²) < 4.78 is 11.8. The maximum absolute atomic E-state index is 14.9. The third-order valence-electron chi connectivity index (χ3n) is 19.4. The van der Waals surface area contributed by atoms with E-state index in [9.17, 15) is 19.2 Å². The fourth-order valence-corrected chi connectivity index (χ4v) is 15.7. The van der Waals surface area contributed by atoms with Gasteiger partial charge in [0, 0.05) is 41.9 Å². The van der Waals surface area contributed by atoms with Crippen molar-refractivity contribution < 1.29 is 28.7 Å². The molecular formula is C52H77Cl2N3O6. The Labute approximate surface area is 389 Å². The fourth-order valence-electron chi connectivity index (χ4n) is 15.5. The molecule has 1 heterocycles. The van der Waals surface area contributed by atoms with Crippen molar-refractivity contribution in [3.05, 3.63) is 46.0 Å². The first-order chi connectivity index (χ1) is 29.2. The molecule has 1 aromatic carbocycles. The van der Waals surface area contributed by atoms with Crippen molar-refractivity contribution in [3.63, 3.8) is 0 Å². The van der Waals surface area contributed by atoms with Crippen LogP contribution in [0.5, 0.6) is 0 Å². The number of hydrogen-bond donors (Lipinski definition) is 1. The van der Waals surface area contributed by atoms with Gasteiger partial charge >= 0.3 is 12.0 Å². The maximum Gasteiger partial charge on any atom is 0.318 e. The van der Waals surface area contributed by atoms with Crippen molar-refractivity contribution in [1.29, 1.82) is 0 Å². The Bertz CT molecular complexity index is 1940. The highest BCUT2D eigenvalue weighted by Crippen LogP contribution is 2.76. The average Bonchev–Trinajstić information content (AvgIpc) is 3.51. The lowest BCUT2D eigenvalue weighted by Gasteiger charge is -2.72. The monoisotopic (exact) mass is 910 g/mol. The molecular weight excluding hydrogens is 833 g/mol. The summed E-state index contributed by atoms with van der Waals surface area (Å²) in [6.07, 6.45) is 12.0. The fraction of sp³-hybridized carbons (Fsp3) is 0.769. The van der Waals surface area contributed by atoms with Gasteiger partial charge < -0.3 is 24.6 Å². The number of amides is 2. The number of nitrogens with zero attached hydrogens (tertiary/aromatic N) is 2. The molecule has 6 aliphatic carbocycles. The average molecular weight is 911 g/mol. The number of fused-ring (bicyclic) bond motifs is 7. The minimum atomic E-state index is -0.677. The number of benzene rings is 1. The molecule has 2 amide bonds. The minimum absolute atomic E-state index is 0. The number of esters is 1. The molecule has 0 unspecified atom stereocenters. The first-order valence-corrected chi connectivity index (χ1v) is 24.7. The first-order valence-electron chi connectivity index (χ1n) is 24.3. The molecule has 63 heavy (non-hydrogen) atoms. The highest BCUT2D eigenvalue weighted by Gasteiger charge is 2.70. The number of ketones is 1. The Morgan fingerprint density at radius 2 is 1.57 bits per heavy atom. The van der Waals surface area contributed by atoms with Gasteiger partial charge in [0.25, 0.3) is 6.47 Å². The summed E-state index contributed by atoms with van der Waals surface area (Å²) in [5.41, 5.74) is 2.03. The lowest BCUT2D eigenvalue weighted by atomic mass is 9.33. The molecule has 6 fully saturated rings. The summed E-state index contributed by atoms with van der Waals surface area (Å²) in [4.78, 5) is 58.6. The van der Waals surface area contributed by atoms with Gasteiger partial charge in [0.2, 0.25) is 0 Å². The Morgan fingerprint density at radius 3 is 2.22 bits per heavy atom. The predicted molar refractivity (Wildman–Crippen MR) is 250 cm³/mol. The quantitative estimate of drug-likeness (QED) is 0.174.